The summed E-state index contributed by atoms with van der Waals surface area (Å²) < 4.78 is 1.73. The molecule has 0 aliphatic rings. The summed E-state index contributed by atoms with van der Waals surface area (Å²) in [7, 11) is 0. The largest absolute Gasteiger partial charge is 0.478 e. The smallest absolute Gasteiger partial charge is 0.339 e. The van der Waals surface area contributed by atoms with Crippen molar-refractivity contribution in [3.8, 4) is 5.69 Å². The van der Waals surface area contributed by atoms with Gasteiger partial charge in [0.2, 0.25) is 0 Å². The van der Waals surface area contributed by atoms with Crippen molar-refractivity contribution in [3.63, 3.8) is 0 Å². The highest BCUT2D eigenvalue weighted by Gasteiger charge is 2.19. The predicted octanol–water partition coefficient (Wildman–Crippen LogP) is 2.80. The van der Waals surface area contributed by atoms with Crippen LogP contribution in [0.25, 0.3) is 5.69 Å². The molecule has 1 N–H and O–H groups in total. The van der Waals surface area contributed by atoms with Crippen molar-refractivity contribution in [2.75, 3.05) is 0 Å². The van der Waals surface area contributed by atoms with Crippen molar-refractivity contribution in [2.24, 2.45) is 0 Å². The number of aromatic nitrogens is 2. The fourth-order valence-corrected chi connectivity index (χ4v) is 2.31. The molecule has 0 amide bonds. The van der Waals surface area contributed by atoms with Gasteiger partial charge in [0.25, 0.3) is 0 Å². The van der Waals surface area contributed by atoms with Crippen LogP contribution >= 0.6 is 0 Å². The molecule has 0 saturated carbocycles. The molecule has 18 heavy (non-hydrogen) atoms. The first-order valence-corrected chi connectivity index (χ1v) is 5.79. The number of carboxylic acid groups (broad SMARTS) is 1. The molecule has 1 heterocycles. The molecule has 2 rings (SSSR count). The molecule has 0 aliphatic carbocycles. The summed E-state index contributed by atoms with van der Waals surface area (Å²) in [6, 6.07) is 5.98. The Hall–Kier alpha value is -2.10. The maximum Gasteiger partial charge on any atom is 0.339 e. The average Bonchev–Trinajstić information content (AvgIpc) is 2.54. The highest BCUT2D eigenvalue weighted by molar-refractivity contribution is 5.90. The molecule has 0 fully saturated rings. The monoisotopic (exact) mass is 244 g/mol. The minimum Gasteiger partial charge on any atom is -0.478 e. The van der Waals surface area contributed by atoms with Gasteiger partial charge in [0.15, 0.2) is 0 Å². The highest BCUT2D eigenvalue weighted by Crippen LogP contribution is 2.23. The van der Waals surface area contributed by atoms with E-state index in [-0.39, 0.29) is 5.56 Å². The van der Waals surface area contributed by atoms with Gasteiger partial charge in [-0.15, -0.1) is 0 Å². The molecule has 1 aromatic carbocycles. The van der Waals surface area contributed by atoms with Crippen LogP contribution in [-0.4, -0.2) is 20.9 Å². The second kappa shape index (κ2) is 4.29. The summed E-state index contributed by atoms with van der Waals surface area (Å²) in [5.41, 5.74) is 4.62. The number of nitrogens with zero attached hydrogens (tertiary/aromatic N) is 2. The summed E-state index contributed by atoms with van der Waals surface area (Å²) in [5, 5.41) is 13.6. The number of aromatic carboxylic acids is 1. The number of aryl methyl sites for hydroxylation is 3. The Morgan fingerprint density at radius 3 is 2.17 bits per heavy atom. The lowest BCUT2D eigenvalue weighted by Crippen LogP contribution is -2.05. The molecule has 0 aliphatic heterocycles. The molecule has 94 valence electrons. The van der Waals surface area contributed by atoms with Gasteiger partial charge in [0, 0.05) is 0 Å². The number of hydrogen-bond donors (Lipinski definition) is 1. The SMILES string of the molecule is Cc1cccc(C)c1-n1nc(C)c(C(=O)O)c1C. The number of hydrogen-bond acceptors (Lipinski definition) is 2. The molecule has 0 atom stereocenters. The first-order chi connectivity index (χ1) is 8.43. The zero-order valence-corrected chi connectivity index (χ0v) is 11.0. The van der Waals surface area contributed by atoms with E-state index >= 15 is 0 Å². The van der Waals surface area contributed by atoms with E-state index in [0.29, 0.717) is 11.4 Å². The Morgan fingerprint density at radius 2 is 1.72 bits per heavy atom. The number of carbonyl (C=O) groups is 1. The Labute approximate surface area is 106 Å². The number of benzene rings is 1. The van der Waals surface area contributed by atoms with Gasteiger partial charge < -0.3 is 5.11 Å². The van der Waals surface area contributed by atoms with E-state index < -0.39 is 5.97 Å². The lowest BCUT2D eigenvalue weighted by atomic mass is 10.1. The third-order valence-electron chi connectivity index (χ3n) is 3.16. The molecule has 1 aromatic heterocycles. The van der Waals surface area contributed by atoms with Crippen LogP contribution in [0.4, 0.5) is 0 Å². The molecule has 4 heteroatoms. The van der Waals surface area contributed by atoms with Gasteiger partial charge >= 0.3 is 5.97 Å². The zero-order valence-electron chi connectivity index (χ0n) is 11.0. The summed E-state index contributed by atoms with van der Waals surface area (Å²) in [5.74, 6) is -0.928. The van der Waals surface area contributed by atoms with Crippen LogP contribution in [0.3, 0.4) is 0 Å². The van der Waals surface area contributed by atoms with Crippen LogP contribution in [0.1, 0.15) is 32.9 Å². The quantitative estimate of drug-likeness (QED) is 0.883. The van der Waals surface area contributed by atoms with Crippen molar-refractivity contribution in [1.29, 1.82) is 0 Å². The Kier molecular flexibility index (Phi) is 2.95. The van der Waals surface area contributed by atoms with Gasteiger partial charge in [-0.3, -0.25) is 0 Å². The number of carboxylic acids is 1. The number of para-hydroxylation sites is 1. The second-order valence-corrected chi connectivity index (χ2v) is 4.50. The molecular weight excluding hydrogens is 228 g/mol. The third kappa shape index (κ3) is 1.79. The van der Waals surface area contributed by atoms with Crippen LogP contribution < -0.4 is 0 Å². The Bertz CT molecular complexity index is 607. The lowest BCUT2D eigenvalue weighted by Gasteiger charge is -2.11. The van der Waals surface area contributed by atoms with Crippen LogP contribution in [0.15, 0.2) is 18.2 Å². The minimum atomic E-state index is -0.928. The third-order valence-corrected chi connectivity index (χ3v) is 3.16. The van der Waals surface area contributed by atoms with Gasteiger partial charge in [0.05, 0.1) is 17.1 Å². The van der Waals surface area contributed by atoms with Crippen molar-refractivity contribution < 1.29 is 9.90 Å². The van der Waals surface area contributed by atoms with E-state index in [1.165, 1.54) is 0 Å². The van der Waals surface area contributed by atoms with Gasteiger partial charge in [-0.25, -0.2) is 9.48 Å². The van der Waals surface area contributed by atoms with E-state index in [9.17, 15) is 9.90 Å². The topological polar surface area (TPSA) is 55.1 Å². The Balaban J connectivity index is 2.73. The van der Waals surface area contributed by atoms with E-state index in [1.54, 1.807) is 18.5 Å². The van der Waals surface area contributed by atoms with Gasteiger partial charge in [-0.2, -0.15) is 5.10 Å². The fraction of sp³-hybridized carbons (Fsp3) is 0.286. The highest BCUT2D eigenvalue weighted by atomic mass is 16.4. The maximum absolute atomic E-state index is 11.2. The fourth-order valence-electron chi connectivity index (χ4n) is 2.31. The standard InChI is InChI=1S/C14H16N2O2/c1-8-6-5-7-9(2)13(8)16-11(4)12(14(17)18)10(3)15-16/h5-7H,1-4H3,(H,17,18). The van der Waals surface area contributed by atoms with Crippen molar-refractivity contribution in [2.45, 2.75) is 27.7 Å². The molecule has 4 nitrogen and oxygen atoms in total. The molecular formula is C14H16N2O2. The van der Waals surface area contributed by atoms with E-state index in [0.717, 1.165) is 16.8 Å². The van der Waals surface area contributed by atoms with Crippen LogP contribution in [-0.2, 0) is 0 Å². The number of rotatable bonds is 2. The first kappa shape index (κ1) is 12.4. The summed E-state index contributed by atoms with van der Waals surface area (Å²) in [6.45, 7) is 7.51. The average molecular weight is 244 g/mol. The van der Waals surface area contributed by atoms with E-state index in [4.69, 9.17) is 0 Å². The lowest BCUT2D eigenvalue weighted by molar-refractivity contribution is 0.0695. The molecule has 0 bridgehead atoms. The predicted molar refractivity (Wildman–Crippen MR) is 69.5 cm³/mol. The Morgan fingerprint density at radius 1 is 1.17 bits per heavy atom. The van der Waals surface area contributed by atoms with Crippen molar-refractivity contribution in [3.05, 3.63) is 46.3 Å². The van der Waals surface area contributed by atoms with Gasteiger partial charge in [-0.1, -0.05) is 18.2 Å². The van der Waals surface area contributed by atoms with Gasteiger partial charge in [0.1, 0.15) is 5.56 Å². The molecule has 0 radical (unpaired) electrons. The van der Waals surface area contributed by atoms with Crippen molar-refractivity contribution >= 4 is 5.97 Å². The summed E-state index contributed by atoms with van der Waals surface area (Å²) in [6.07, 6.45) is 0. The molecule has 0 saturated heterocycles. The van der Waals surface area contributed by atoms with Crippen LogP contribution in [0, 0.1) is 27.7 Å². The normalized spacial score (nSPS) is 10.7. The van der Waals surface area contributed by atoms with E-state index in [2.05, 4.69) is 5.10 Å². The van der Waals surface area contributed by atoms with Crippen LogP contribution in [0.5, 0.6) is 0 Å². The van der Waals surface area contributed by atoms with E-state index in [1.807, 2.05) is 32.0 Å². The van der Waals surface area contributed by atoms with Crippen molar-refractivity contribution in [1.82, 2.24) is 9.78 Å². The summed E-state index contributed by atoms with van der Waals surface area (Å²) in [4.78, 5) is 11.2. The second-order valence-electron chi connectivity index (χ2n) is 4.50. The molecule has 0 unspecified atom stereocenters. The molecule has 0 spiro atoms. The molecule has 2 aromatic rings. The first-order valence-electron chi connectivity index (χ1n) is 5.79. The zero-order chi connectivity index (χ0) is 13.4. The summed E-state index contributed by atoms with van der Waals surface area (Å²) >= 11 is 0. The van der Waals surface area contributed by atoms with Crippen LogP contribution in [0.2, 0.25) is 0 Å². The van der Waals surface area contributed by atoms with Gasteiger partial charge in [-0.05, 0) is 38.8 Å². The maximum atomic E-state index is 11.2. The minimum absolute atomic E-state index is 0.289.